The van der Waals surface area contributed by atoms with E-state index in [1.165, 1.54) is 5.56 Å². The number of anilines is 3. The molecule has 4 rings (SSSR count). The van der Waals surface area contributed by atoms with Crippen LogP contribution < -0.4 is 15.5 Å². The fourth-order valence-corrected chi connectivity index (χ4v) is 4.40. The molecule has 0 saturated heterocycles. The van der Waals surface area contributed by atoms with E-state index in [2.05, 4.69) is 23.6 Å². The lowest BCUT2D eigenvalue weighted by atomic mass is 10.1. The van der Waals surface area contributed by atoms with Gasteiger partial charge in [0.05, 0.1) is 0 Å². The lowest BCUT2D eigenvalue weighted by Gasteiger charge is -2.23. The molecule has 3 aromatic carbocycles. The van der Waals surface area contributed by atoms with Crippen LogP contribution in [-0.4, -0.2) is 24.4 Å². The van der Waals surface area contributed by atoms with Gasteiger partial charge in [-0.3, -0.25) is 9.59 Å². The number of carbonyl (C=O) groups is 2. The molecule has 0 bridgehead atoms. The van der Waals surface area contributed by atoms with Gasteiger partial charge in [0.2, 0.25) is 5.91 Å². The minimum absolute atomic E-state index is 0.00112. The van der Waals surface area contributed by atoms with E-state index >= 15 is 0 Å². The summed E-state index contributed by atoms with van der Waals surface area (Å²) in [7, 11) is 0. The molecule has 1 aliphatic rings. The van der Waals surface area contributed by atoms with E-state index in [1.807, 2.05) is 65.6 Å². The Morgan fingerprint density at radius 2 is 1.62 bits per heavy atom. The number of unbranched alkanes of at least 4 members (excludes halogenated alkanes) is 1. The Morgan fingerprint density at radius 1 is 0.882 bits per heavy atom. The fraction of sp³-hybridized carbons (Fsp3) is 0.310. The third kappa shape index (κ3) is 5.84. The normalized spacial score (nSPS) is 14.0. The number of benzene rings is 3. The summed E-state index contributed by atoms with van der Waals surface area (Å²) in [6, 6.07) is 24.9. The molecule has 1 aliphatic heterocycles. The van der Waals surface area contributed by atoms with Gasteiger partial charge >= 0.3 is 0 Å². The van der Waals surface area contributed by atoms with E-state index in [0.717, 1.165) is 56.4 Å². The number of carbonyl (C=O) groups excluding carboxylic acids is 2. The third-order valence-corrected chi connectivity index (χ3v) is 6.28. The molecule has 0 fully saturated rings. The van der Waals surface area contributed by atoms with Gasteiger partial charge < -0.3 is 15.5 Å². The first-order chi connectivity index (χ1) is 16.7. The first-order valence-electron chi connectivity index (χ1n) is 12.3. The summed E-state index contributed by atoms with van der Waals surface area (Å²) in [4.78, 5) is 28.2. The van der Waals surface area contributed by atoms with Crippen molar-refractivity contribution in [3.63, 3.8) is 0 Å². The Kier molecular flexibility index (Phi) is 7.97. The van der Waals surface area contributed by atoms with Crippen molar-refractivity contribution in [2.75, 3.05) is 22.1 Å². The largest absolute Gasteiger partial charge is 0.374 e. The minimum Gasteiger partial charge on any atom is -0.374 e. The van der Waals surface area contributed by atoms with Crippen molar-refractivity contribution in [1.29, 1.82) is 0 Å². The van der Waals surface area contributed by atoms with Crippen molar-refractivity contribution in [2.24, 2.45) is 0 Å². The predicted octanol–water partition coefficient (Wildman–Crippen LogP) is 6.28. The van der Waals surface area contributed by atoms with Crippen LogP contribution in [0.15, 0.2) is 78.9 Å². The summed E-state index contributed by atoms with van der Waals surface area (Å²) >= 11 is 0. The summed E-state index contributed by atoms with van der Waals surface area (Å²) in [6.07, 6.45) is 5.81. The molecule has 176 valence electrons. The quantitative estimate of drug-likeness (QED) is 0.420. The second kappa shape index (κ2) is 11.5. The predicted molar refractivity (Wildman–Crippen MR) is 140 cm³/mol. The van der Waals surface area contributed by atoms with Crippen molar-refractivity contribution in [3.8, 4) is 0 Å². The van der Waals surface area contributed by atoms with Gasteiger partial charge in [-0.15, -0.1) is 0 Å². The molecule has 5 nitrogen and oxygen atoms in total. The van der Waals surface area contributed by atoms with Crippen LogP contribution in [0, 0.1) is 0 Å². The molecule has 2 amide bonds. The smallest absolute Gasteiger partial charge is 0.258 e. The van der Waals surface area contributed by atoms with Gasteiger partial charge in [0.15, 0.2) is 0 Å². The number of aryl methyl sites for hydroxylation is 1. The van der Waals surface area contributed by atoms with Crippen LogP contribution >= 0.6 is 0 Å². The molecule has 5 heteroatoms. The Hall–Kier alpha value is -3.60. The number of nitrogens with one attached hydrogen (secondary N) is 2. The summed E-state index contributed by atoms with van der Waals surface area (Å²) in [5.74, 6) is -0.0726. The Balaban J connectivity index is 1.44. The molecule has 0 aliphatic carbocycles. The number of nitrogens with zero attached hydrogens (tertiary/aromatic N) is 1. The van der Waals surface area contributed by atoms with Gasteiger partial charge in [-0.05, 0) is 73.7 Å². The highest BCUT2D eigenvalue weighted by atomic mass is 16.2. The van der Waals surface area contributed by atoms with Crippen molar-refractivity contribution >= 4 is 28.9 Å². The molecule has 1 atom stereocenters. The molecule has 34 heavy (non-hydrogen) atoms. The maximum Gasteiger partial charge on any atom is 0.258 e. The number of para-hydroxylation sites is 2. The lowest BCUT2D eigenvalue weighted by molar-refractivity contribution is -0.117. The van der Waals surface area contributed by atoms with Crippen molar-refractivity contribution in [3.05, 3.63) is 90.0 Å². The Morgan fingerprint density at radius 3 is 2.38 bits per heavy atom. The van der Waals surface area contributed by atoms with Gasteiger partial charge in [0.25, 0.3) is 5.91 Å². The molecule has 0 spiro atoms. The standard InChI is InChI=1S/C29H33N3O2/c1-2-3-15-26(30-24-13-5-4-6-14-24)28(33)31-25-19-17-23(18-20-25)29(34)32-21-10-9-12-22-11-7-8-16-27(22)32/h4-8,11,13-14,16-20,26,30H,2-3,9-10,12,15,21H2,1H3,(H,31,33). The zero-order valence-electron chi connectivity index (χ0n) is 19.8. The summed E-state index contributed by atoms with van der Waals surface area (Å²) in [6.45, 7) is 2.84. The Bertz CT molecular complexity index is 1100. The minimum atomic E-state index is -0.322. The fourth-order valence-electron chi connectivity index (χ4n) is 4.40. The van der Waals surface area contributed by atoms with Crippen LogP contribution in [-0.2, 0) is 11.2 Å². The molecule has 3 aromatic rings. The average Bonchev–Trinajstić information content (AvgIpc) is 3.10. The zero-order chi connectivity index (χ0) is 23.8. The first kappa shape index (κ1) is 23.6. The van der Waals surface area contributed by atoms with E-state index in [-0.39, 0.29) is 17.9 Å². The van der Waals surface area contributed by atoms with Crippen LogP contribution in [0.1, 0.15) is 54.9 Å². The highest BCUT2D eigenvalue weighted by Crippen LogP contribution is 2.28. The average molecular weight is 456 g/mol. The number of amides is 2. The number of fused-ring (bicyclic) bond motifs is 1. The van der Waals surface area contributed by atoms with Crippen LogP contribution in [0.2, 0.25) is 0 Å². The lowest BCUT2D eigenvalue weighted by Crippen LogP contribution is -2.34. The van der Waals surface area contributed by atoms with Gasteiger partial charge in [-0.2, -0.15) is 0 Å². The highest BCUT2D eigenvalue weighted by molar-refractivity contribution is 6.07. The van der Waals surface area contributed by atoms with E-state index in [0.29, 0.717) is 11.3 Å². The first-order valence-corrected chi connectivity index (χ1v) is 12.3. The van der Waals surface area contributed by atoms with Gasteiger partial charge in [-0.25, -0.2) is 0 Å². The molecule has 1 unspecified atom stereocenters. The molecule has 1 heterocycles. The molecule has 0 aromatic heterocycles. The molecule has 0 radical (unpaired) electrons. The third-order valence-electron chi connectivity index (χ3n) is 6.28. The zero-order valence-corrected chi connectivity index (χ0v) is 19.8. The van der Waals surface area contributed by atoms with E-state index in [1.54, 1.807) is 12.1 Å². The topological polar surface area (TPSA) is 61.4 Å². The second-order valence-corrected chi connectivity index (χ2v) is 8.81. The summed E-state index contributed by atoms with van der Waals surface area (Å²) in [5.41, 5.74) is 4.47. The van der Waals surface area contributed by atoms with Crippen LogP contribution in [0.4, 0.5) is 17.1 Å². The van der Waals surface area contributed by atoms with Gasteiger partial charge in [-0.1, -0.05) is 56.2 Å². The SMILES string of the molecule is CCCCC(Nc1ccccc1)C(=O)Nc1ccc(C(=O)N2CCCCc3ccccc32)cc1. The van der Waals surface area contributed by atoms with E-state index in [4.69, 9.17) is 0 Å². The van der Waals surface area contributed by atoms with E-state index < -0.39 is 0 Å². The maximum atomic E-state index is 13.3. The molecular formula is C29H33N3O2. The molecule has 2 N–H and O–H groups in total. The van der Waals surface area contributed by atoms with Crippen LogP contribution in [0.25, 0.3) is 0 Å². The monoisotopic (exact) mass is 455 g/mol. The number of hydrogen-bond acceptors (Lipinski definition) is 3. The summed E-state index contributed by atoms with van der Waals surface area (Å²) < 4.78 is 0. The van der Waals surface area contributed by atoms with Crippen molar-refractivity contribution in [2.45, 2.75) is 51.5 Å². The van der Waals surface area contributed by atoms with Crippen LogP contribution in [0.3, 0.4) is 0 Å². The van der Waals surface area contributed by atoms with Crippen molar-refractivity contribution in [1.82, 2.24) is 0 Å². The van der Waals surface area contributed by atoms with Gasteiger partial charge in [0, 0.05) is 29.2 Å². The van der Waals surface area contributed by atoms with E-state index in [9.17, 15) is 9.59 Å². The maximum absolute atomic E-state index is 13.3. The van der Waals surface area contributed by atoms with Gasteiger partial charge in [0.1, 0.15) is 6.04 Å². The van der Waals surface area contributed by atoms with Crippen molar-refractivity contribution < 1.29 is 9.59 Å². The Labute approximate surface area is 202 Å². The second-order valence-electron chi connectivity index (χ2n) is 8.81. The van der Waals surface area contributed by atoms with Crippen LogP contribution in [0.5, 0.6) is 0 Å². The summed E-state index contributed by atoms with van der Waals surface area (Å²) in [5, 5.41) is 6.37. The number of hydrogen-bond donors (Lipinski definition) is 2. The highest BCUT2D eigenvalue weighted by Gasteiger charge is 2.22. The molecular weight excluding hydrogens is 422 g/mol. The molecule has 0 saturated carbocycles. The number of rotatable bonds is 8.